The predicted molar refractivity (Wildman–Crippen MR) is 75.3 cm³/mol. The predicted octanol–water partition coefficient (Wildman–Crippen LogP) is 1.32. The number of hydrogen-bond donors (Lipinski definition) is 2. The lowest BCUT2D eigenvalue weighted by molar-refractivity contribution is 0.0941. The molecule has 0 radical (unpaired) electrons. The van der Waals surface area contributed by atoms with Crippen LogP contribution in [0.4, 0.5) is 4.39 Å². The molecule has 0 saturated heterocycles. The topological polar surface area (TPSA) is 99.1 Å². The Morgan fingerprint density at radius 1 is 1.09 bits per heavy atom. The van der Waals surface area contributed by atoms with Gasteiger partial charge in [0.2, 0.25) is 0 Å². The lowest BCUT2D eigenvalue weighted by Crippen LogP contribution is -2.42. The number of amides is 1. The first-order chi connectivity index (χ1) is 10.5. The first-order valence-electron chi connectivity index (χ1n) is 6.01. The van der Waals surface area contributed by atoms with Gasteiger partial charge in [0.05, 0.1) is 11.1 Å². The number of nitrogens with one attached hydrogen (secondary N) is 2. The summed E-state index contributed by atoms with van der Waals surface area (Å²) < 4.78 is 37.5. The Kier molecular flexibility index (Phi) is 4.50. The van der Waals surface area contributed by atoms with Crippen molar-refractivity contribution in [3.05, 3.63) is 65.5 Å². The Hall–Kier alpha value is -2.76. The van der Waals surface area contributed by atoms with Gasteiger partial charge in [-0.1, -0.05) is 24.3 Å². The van der Waals surface area contributed by atoms with Crippen LogP contribution in [0.1, 0.15) is 15.9 Å². The lowest BCUT2D eigenvalue weighted by Gasteiger charge is -2.09. The smallest absolute Gasteiger partial charge is 0.269 e. The van der Waals surface area contributed by atoms with Crippen LogP contribution in [0.2, 0.25) is 0 Å². The van der Waals surface area contributed by atoms with E-state index in [1.807, 2.05) is 10.3 Å². The van der Waals surface area contributed by atoms with E-state index in [0.717, 1.165) is 6.07 Å². The third-order valence-electron chi connectivity index (χ3n) is 2.71. The fourth-order valence-electron chi connectivity index (χ4n) is 1.67. The van der Waals surface area contributed by atoms with Crippen molar-refractivity contribution in [3.63, 3.8) is 0 Å². The van der Waals surface area contributed by atoms with Crippen molar-refractivity contribution < 1.29 is 17.6 Å². The van der Waals surface area contributed by atoms with Crippen molar-refractivity contribution in [1.82, 2.24) is 10.3 Å². The van der Waals surface area contributed by atoms with Crippen LogP contribution in [0.15, 0.2) is 53.4 Å². The van der Waals surface area contributed by atoms with Gasteiger partial charge in [-0.3, -0.25) is 10.2 Å². The van der Waals surface area contributed by atoms with Crippen LogP contribution in [0, 0.1) is 17.1 Å². The second-order valence-corrected chi connectivity index (χ2v) is 5.80. The Bertz CT molecular complexity index is 860. The standard InChI is InChI=1S/C14H10FN3O3S/c15-12-7-3-2-6-11(12)14(19)17-18-22(20,21)13-8-4-1-5-10(13)9-16/h1-8,18H,(H,17,19). The molecule has 6 nitrogen and oxygen atoms in total. The highest BCUT2D eigenvalue weighted by Crippen LogP contribution is 2.13. The normalized spacial score (nSPS) is 10.7. The molecule has 8 heteroatoms. The Balaban J connectivity index is 2.19. The molecule has 0 aliphatic rings. The highest BCUT2D eigenvalue weighted by Gasteiger charge is 2.20. The molecule has 0 aliphatic carbocycles. The number of halogens is 1. The summed E-state index contributed by atoms with van der Waals surface area (Å²) >= 11 is 0. The molecule has 0 heterocycles. The van der Waals surface area contributed by atoms with E-state index >= 15 is 0 Å². The molecular weight excluding hydrogens is 309 g/mol. The molecule has 1 amide bonds. The summed E-state index contributed by atoms with van der Waals surface area (Å²) in [7, 11) is -4.15. The summed E-state index contributed by atoms with van der Waals surface area (Å²) in [5.41, 5.74) is 1.52. The highest BCUT2D eigenvalue weighted by molar-refractivity contribution is 7.89. The van der Waals surface area contributed by atoms with Gasteiger partial charge in [0.15, 0.2) is 0 Å². The zero-order valence-electron chi connectivity index (χ0n) is 11.1. The maximum Gasteiger partial charge on any atom is 0.269 e. The monoisotopic (exact) mass is 319 g/mol. The number of hydrogen-bond acceptors (Lipinski definition) is 4. The van der Waals surface area contributed by atoms with E-state index in [-0.39, 0.29) is 16.0 Å². The van der Waals surface area contributed by atoms with Crippen molar-refractivity contribution >= 4 is 15.9 Å². The number of benzene rings is 2. The van der Waals surface area contributed by atoms with E-state index in [9.17, 15) is 17.6 Å². The van der Waals surface area contributed by atoms with Crippen LogP contribution in [0.3, 0.4) is 0 Å². The number of carbonyl (C=O) groups is 1. The molecule has 2 N–H and O–H groups in total. The van der Waals surface area contributed by atoms with Crippen molar-refractivity contribution in [3.8, 4) is 6.07 Å². The lowest BCUT2D eigenvalue weighted by atomic mass is 10.2. The fraction of sp³-hybridized carbons (Fsp3) is 0. The maximum absolute atomic E-state index is 13.4. The molecule has 112 valence electrons. The average molecular weight is 319 g/mol. The Morgan fingerprint density at radius 3 is 2.41 bits per heavy atom. The van der Waals surface area contributed by atoms with E-state index in [0.29, 0.717) is 0 Å². The van der Waals surface area contributed by atoms with Crippen LogP contribution in [0.25, 0.3) is 0 Å². The van der Waals surface area contributed by atoms with Gasteiger partial charge in [-0.15, -0.1) is 4.83 Å². The Labute approximate surface area is 126 Å². The minimum atomic E-state index is -4.15. The van der Waals surface area contributed by atoms with Gasteiger partial charge in [-0.2, -0.15) is 5.26 Å². The fourth-order valence-corrected chi connectivity index (χ4v) is 2.67. The van der Waals surface area contributed by atoms with Crippen LogP contribution >= 0.6 is 0 Å². The molecule has 2 rings (SSSR count). The zero-order valence-corrected chi connectivity index (χ0v) is 11.9. The van der Waals surface area contributed by atoms with E-state index < -0.39 is 21.7 Å². The maximum atomic E-state index is 13.4. The molecule has 0 unspecified atom stereocenters. The second kappa shape index (κ2) is 6.34. The first kappa shape index (κ1) is 15.6. The van der Waals surface area contributed by atoms with Crippen LogP contribution in [0.5, 0.6) is 0 Å². The quantitative estimate of drug-likeness (QED) is 0.830. The van der Waals surface area contributed by atoms with E-state index in [1.54, 1.807) is 6.07 Å². The van der Waals surface area contributed by atoms with Gasteiger partial charge < -0.3 is 0 Å². The molecule has 0 spiro atoms. The highest BCUT2D eigenvalue weighted by atomic mass is 32.2. The molecule has 0 aromatic heterocycles. The molecule has 0 bridgehead atoms. The van der Waals surface area contributed by atoms with Crippen LogP contribution in [-0.2, 0) is 10.0 Å². The van der Waals surface area contributed by atoms with Crippen molar-refractivity contribution in [2.75, 3.05) is 0 Å². The van der Waals surface area contributed by atoms with Gasteiger partial charge in [0, 0.05) is 0 Å². The van der Waals surface area contributed by atoms with Gasteiger partial charge >= 0.3 is 0 Å². The molecule has 22 heavy (non-hydrogen) atoms. The minimum absolute atomic E-state index is 0.0739. The summed E-state index contributed by atoms with van der Waals surface area (Å²) in [6, 6.07) is 12.4. The molecular formula is C14H10FN3O3S. The summed E-state index contributed by atoms with van der Waals surface area (Å²) in [6.07, 6.45) is 0. The third kappa shape index (κ3) is 3.28. The molecule has 0 atom stereocenters. The minimum Gasteiger partial charge on any atom is -0.273 e. The SMILES string of the molecule is N#Cc1ccccc1S(=O)(=O)NNC(=O)c1ccccc1F. The molecule has 2 aromatic rings. The number of hydrazine groups is 1. The largest absolute Gasteiger partial charge is 0.273 e. The number of nitrogens with zero attached hydrogens (tertiary/aromatic N) is 1. The van der Waals surface area contributed by atoms with Gasteiger partial charge in [0.1, 0.15) is 16.8 Å². The zero-order chi connectivity index (χ0) is 16.2. The summed E-state index contributed by atoms with van der Waals surface area (Å²) in [5, 5.41) is 8.89. The number of carbonyl (C=O) groups excluding carboxylic acids is 1. The van der Waals surface area contributed by atoms with E-state index in [1.165, 1.54) is 42.5 Å². The van der Waals surface area contributed by atoms with E-state index in [2.05, 4.69) is 0 Å². The van der Waals surface area contributed by atoms with Crippen LogP contribution < -0.4 is 10.3 Å². The summed E-state index contributed by atoms with van der Waals surface area (Å²) in [4.78, 5) is 13.3. The summed E-state index contributed by atoms with van der Waals surface area (Å²) in [6.45, 7) is 0. The number of sulfonamides is 1. The van der Waals surface area contributed by atoms with Crippen molar-refractivity contribution in [2.24, 2.45) is 0 Å². The summed E-state index contributed by atoms with van der Waals surface area (Å²) in [5.74, 6) is -1.73. The molecule has 0 fully saturated rings. The van der Waals surface area contributed by atoms with E-state index in [4.69, 9.17) is 5.26 Å². The number of rotatable bonds is 4. The van der Waals surface area contributed by atoms with Crippen LogP contribution in [-0.4, -0.2) is 14.3 Å². The first-order valence-corrected chi connectivity index (χ1v) is 7.50. The van der Waals surface area contributed by atoms with Gasteiger partial charge in [-0.05, 0) is 24.3 Å². The van der Waals surface area contributed by atoms with Gasteiger partial charge in [0.25, 0.3) is 15.9 Å². The molecule has 0 aliphatic heterocycles. The van der Waals surface area contributed by atoms with Gasteiger partial charge in [-0.25, -0.2) is 12.8 Å². The average Bonchev–Trinajstić information content (AvgIpc) is 2.53. The van der Waals surface area contributed by atoms with Crippen molar-refractivity contribution in [1.29, 1.82) is 5.26 Å². The number of nitriles is 1. The second-order valence-electron chi connectivity index (χ2n) is 4.15. The molecule has 2 aromatic carbocycles. The Morgan fingerprint density at radius 2 is 1.73 bits per heavy atom. The third-order valence-corrected chi connectivity index (χ3v) is 4.02. The van der Waals surface area contributed by atoms with Crippen molar-refractivity contribution in [2.45, 2.75) is 4.90 Å². The molecule has 0 saturated carbocycles.